The zero-order valence-corrected chi connectivity index (χ0v) is 19.9. The molecule has 0 aromatic carbocycles. The Hall–Kier alpha value is -0.260. The summed E-state index contributed by atoms with van der Waals surface area (Å²) >= 11 is 0. The molecule has 28 heavy (non-hydrogen) atoms. The second-order valence-electron chi connectivity index (χ2n) is 12.6. The SMILES string of the molecule is CC(C)CCC[C@@H](C)C1CC[C@H]2[C@H]3CC=C4C[C@@H](C)CCC4(C)C3CCC12C. The summed E-state index contributed by atoms with van der Waals surface area (Å²) in [6.45, 7) is 15.3. The van der Waals surface area contributed by atoms with E-state index in [9.17, 15) is 0 Å². The van der Waals surface area contributed by atoms with Crippen molar-refractivity contribution in [2.45, 2.75) is 112 Å². The third-order valence-electron chi connectivity index (χ3n) is 10.6. The molecule has 3 saturated carbocycles. The van der Waals surface area contributed by atoms with Gasteiger partial charge in [-0.1, -0.05) is 72.5 Å². The van der Waals surface area contributed by atoms with Gasteiger partial charge in [0.25, 0.3) is 0 Å². The van der Waals surface area contributed by atoms with Crippen molar-refractivity contribution in [1.82, 2.24) is 0 Å². The summed E-state index contributed by atoms with van der Waals surface area (Å²) in [7, 11) is 0. The molecule has 0 heterocycles. The predicted octanol–water partition coefficient (Wildman–Crippen LogP) is 8.66. The zero-order valence-electron chi connectivity index (χ0n) is 19.9. The quantitative estimate of drug-likeness (QED) is 0.416. The Bertz CT molecular complexity index is 585. The standard InChI is InChI=1S/C28H48/c1-19(2)8-7-9-21(4)24-12-13-25-23-11-10-22-18-20(3)14-16-27(22,5)26(23)15-17-28(24,25)6/h10,19-21,23-26H,7-9,11-18H2,1-6H3/t20-,21+,23+,24?,25-,26?,27?,28?/m0/s1. The van der Waals surface area contributed by atoms with Gasteiger partial charge in [0, 0.05) is 0 Å². The minimum absolute atomic E-state index is 0.553. The molecule has 4 aliphatic carbocycles. The van der Waals surface area contributed by atoms with Crippen LogP contribution in [-0.4, -0.2) is 0 Å². The topological polar surface area (TPSA) is 0 Å². The van der Waals surface area contributed by atoms with Crippen LogP contribution in [0.3, 0.4) is 0 Å². The van der Waals surface area contributed by atoms with E-state index in [0.717, 1.165) is 41.4 Å². The number of allylic oxidation sites excluding steroid dienone is 2. The first kappa shape index (κ1) is 21.0. The van der Waals surface area contributed by atoms with E-state index in [4.69, 9.17) is 0 Å². The van der Waals surface area contributed by atoms with Crippen molar-refractivity contribution in [2.24, 2.45) is 52.3 Å². The maximum Gasteiger partial charge on any atom is -0.00851 e. The van der Waals surface area contributed by atoms with Gasteiger partial charge in [-0.2, -0.15) is 0 Å². The smallest absolute Gasteiger partial charge is 0.00851 e. The van der Waals surface area contributed by atoms with Crippen LogP contribution in [0.1, 0.15) is 112 Å². The summed E-state index contributed by atoms with van der Waals surface area (Å²) in [5.74, 6) is 6.73. The minimum Gasteiger partial charge on any atom is -0.0845 e. The van der Waals surface area contributed by atoms with Crippen molar-refractivity contribution in [1.29, 1.82) is 0 Å². The molecule has 0 aromatic rings. The summed E-state index contributed by atoms with van der Waals surface area (Å²) in [4.78, 5) is 0. The molecule has 4 unspecified atom stereocenters. The van der Waals surface area contributed by atoms with E-state index in [0.29, 0.717) is 10.8 Å². The van der Waals surface area contributed by atoms with Crippen LogP contribution in [0, 0.1) is 52.3 Å². The molecule has 8 atom stereocenters. The maximum atomic E-state index is 2.75. The van der Waals surface area contributed by atoms with E-state index in [1.54, 1.807) is 0 Å². The molecule has 0 nitrogen and oxygen atoms in total. The predicted molar refractivity (Wildman–Crippen MR) is 122 cm³/mol. The van der Waals surface area contributed by atoms with Gasteiger partial charge in [-0.05, 0) is 104 Å². The van der Waals surface area contributed by atoms with Gasteiger partial charge in [-0.15, -0.1) is 0 Å². The first-order valence-corrected chi connectivity index (χ1v) is 12.9. The molecular weight excluding hydrogens is 336 g/mol. The second-order valence-corrected chi connectivity index (χ2v) is 12.6. The largest absolute Gasteiger partial charge is 0.0845 e. The van der Waals surface area contributed by atoms with E-state index in [-0.39, 0.29) is 0 Å². The van der Waals surface area contributed by atoms with Gasteiger partial charge in [0.05, 0.1) is 0 Å². The van der Waals surface area contributed by atoms with Crippen LogP contribution in [0.2, 0.25) is 0 Å². The fourth-order valence-electron chi connectivity index (χ4n) is 8.87. The van der Waals surface area contributed by atoms with Crippen LogP contribution in [0.4, 0.5) is 0 Å². The number of hydrogen-bond acceptors (Lipinski definition) is 0. The number of fused-ring (bicyclic) bond motifs is 5. The molecule has 0 radical (unpaired) electrons. The van der Waals surface area contributed by atoms with Crippen LogP contribution >= 0.6 is 0 Å². The van der Waals surface area contributed by atoms with Crippen molar-refractivity contribution in [3.63, 3.8) is 0 Å². The second kappa shape index (κ2) is 7.77. The fraction of sp³-hybridized carbons (Fsp3) is 0.929. The van der Waals surface area contributed by atoms with E-state index >= 15 is 0 Å². The lowest BCUT2D eigenvalue weighted by atomic mass is 9.46. The Balaban J connectivity index is 1.49. The Morgan fingerprint density at radius 1 is 0.964 bits per heavy atom. The van der Waals surface area contributed by atoms with Crippen LogP contribution in [-0.2, 0) is 0 Å². The highest BCUT2D eigenvalue weighted by Gasteiger charge is 2.58. The first-order valence-electron chi connectivity index (χ1n) is 12.9. The van der Waals surface area contributed by atoms with Crippen molar-refractivity contribution < 1.29 is 0 Å². The highest BCUT2D eigenvalue weighted by molar-refractivity contribution is 5.25. The van der Waals surface area contributed by atoms with Gasteiger partial charge in [-0.3, -0.25) is 0 Å². The molecule has 0 aromatic heterocycles. The lowest BCUT2D eigenvalue weighted by Crippen LogP contribution is -2.50. The highest BCUT2D eigenvalue weighted by Crippen LogP contribution is 2.67. The minimum atomic E-state index is 0.553. The van der Waals surface area contributed by atoms with Gasteiger partial charge in [-0.25, -0.2) is 0 Å². The average Bonchev–Trinajstić information content (AvgIpc) is 2.99. The Labute approximate surface area is 176 Å². The van der Waals surface area contributed by atoms with E-state index in [2.05, 4.69) is 47.6 Å². The molecule has 0 N–H and O–H groups in total. The van der Waals surface area contributed by atoms with Crippen LogP contribution in [0.25, 0.3) is 0 Å². The van der Waals surface area contributed by atoms with Crippen LogP contribution in [0.15, 0.2) is 11.6 Å². The van der Waals surface area contributed by atoms with Crippen molar-refractivity contribution in [2.75, 3.05) is 0 Å². The van der Waals surface area contributed by atoms with Gasteiger partial charge in [0.1, 0.15) is 0 Å². The van der Waals surface area contributed by atoms with Crippen LogP contribution < -0.4 is 0 Å². The molecule has 4 rings (SSSR count). The maximum absolute atomic E-state index is 2.75. The first-order chi connectivity index (χ1) is 13.3. The molecule has 0 heteroatoms. The summed E-state index contributed by atoms with van der Waals surface area (Å²) in [6.07, 6.45) is 19.0. The lowest BCUT2D eigenvalue weighted by Gasteiger charge is -2.58. The normalized spacial score (nSPS) is 46.5. The summed E-state index contributed by atoms with van der Waals surface area (Å²) in [6, 6.07) is 0. The molecular formula is C28H48. The monoisotopic (exact) mass is 384 g/mol. The fourth-order valence-corrected chi connectivity index (χ4v) is 8.87. The molecule has 0 spiro atoms. The third-order valence-corrected chi connectivity index (χ3v) is 10.6. The van der Waals surface area contributed by atoms with E-state index in [1.165, 1.54) is 70.6 Å². The van der Waals surface area contributed by atoms with E-state index < -0.39 is 0 Å². The van der Waals surface area contributed by atoms with Gasteiger partial charge in [0.2, 0.25) is 0 Å². The highest BCUT2D eigenvalue weighted by atomic mass is 14.6. The van der Waals surface area contributed by atoms with Gasteiger partial charge >= 0.3 is 0 Å². The summed E-state index contributed by atoms with van der Waals surface area (Å²) < 4.78 is 0. The van der Waals surface area contributed by atoms with Gasteiger partial charge in [0.15, 0.2) is 0 Å². The molecule has 4 aliphatic rings. The molecule has 0 amide bonds. The zero-order chi connectivity index (χ0) is 20.1. The molecule has 0 aliphatic heterocycles. The average molecular weight is 385 g/mol. The Morgan fingerprint density at radius 2 is 1.75 bits per heavy atom. The molecule has 3 fully saturated rings. The summed E-state index contributed by atoms with van der Waals surface area (Å²) in [5.41, 5.74) is 3.06. The lowest BCUT2D eigenvalue weighted by molar-refractivity contribution is -0.0523. The van der Waals surface area contributed by atoms with Crippen molar-refractivity contribution in [3.05, 3.63) is 11.6 Å². The number of hydrogen-bond donors (Lipinski definition) is 0. The van der Waals surface area contributed by atoms with Gasteiger partial charge < -0.3 is 0 Å². The number of rotatable bonds is 5. The van der Waals surface area contributed by atoms with Crippen molar-refractivity contribution >= 4 is 0 Å². The Kier molecular flexibility index (Phi) is 5.83. The molecule has 160 valence electrons. The van der Waals surface area contributed by atoms with Crippen molar-refractivity contribution in [3.8, 4) is 0 Å². The van der Waals surface area contributed by atoms with Crippen LogP contribution in [0.5, 0.6) is 0 Å². The molecule has 0 bridgehead atoms. The Morgan fingerprint density at radius 3 is 2.50 bits per heavy atom. The summed E-state index contributed by atoms with van der Waals surface area (Å²) in [5, 5.41) is 0. The molecule has 0 saturated heterocycles. The van der Waals surface area contributed by atoms with E-state index in [1.807, 2.05) is 5.57 Å². The third kappa shape index (κ3) is 3.43.